The van der Waals surface area contributed by atoms with E-state index in [1.54, 1.807) is 25.2 Å². The normalized spacial score (nSPS) is 15.3. The largest absolute Gasteiger partial charge is 0.355 e. The molecular weight excluding hydrogens is 412 g/mol. The van der Waals surface area contributed by atoms with Gasteiger partial charge in [0.05, 0.1) is 5.69 Å². The van der Waals surface area contributed by atoms with Gasteiger partial charge in [0.2, 0.25) is 5.91 Å². The number of fused-ring (bicyclic) bond motifs is 1. The standard InChI is InChI=1S/C27H28N4O2/c1-18(25-23-15-21(26(32)28-2)11-14-24(23)30-27(25)33)29-22-12-9-20(10-13-22)17-31(3)16-19-7-5-4-6-8-19/h4-15,25H,16-17H2,1-3H3,(H,28,32)(H,30,33). The molecule has 168 valence electrons. The highest BCUT2D eigenvalue weighted by molar-refractivity contribution is 6.18. The van der Waals surface area contributed by atoms with Crippen molar-refractivity contribution in [2.45, 2.75) is 25.9 Å². The predicted octanol–water partition coefficient (Wildman–Crippen LogP) is 4.51. The predicted molar refractivity (Wildman–Crippen MR) is 132 cm³/mol. The average molecular weight is 441 g/mol. The summed E-state index contributed by atoms with van der Waals surface area (Å²) in [6.45, 7) is 3.57. The summed E-state index contributed by atoms with van der Waals surface area (Å²) in [5, 5.41) is 5.51. The van der Waals surface area contributed by atoms with E-state index < -0.39 is 5.92 Å². The third-order valence-corrected chi connectivity index (χ3v) is 5.78. The summed E-state index contributed by atoms with van der Waals surface area (Å²) < 4.78 is 0. The summed E-state index contributed by atoms with van der Waals surface area (Å²) in [5.41, 5.74) is 6.00. The van der Waals surface area contributed by atoms with Crippen molar-refractivity contribution in [1.29, 1.82) is 0 Å². The number of rotatable bonds is 7. The molecule has 1 unspecified atom stereocenters. The molecule has 1 aliphatic rings. The minimum atomic E-state index is -0.513. The van der Waals surface area contributed by atoms with E-state index >= 15 is 0 Å². The SMILES string of the molecule is CNC(=O)c1ccc2c(c1)C(C(C)=Nc1ccc(CN(C)Cc3ccccc3)cc1)C(=O)N2. The molecule has 0 radical (unpaired) electrons. The molecule has 33 heavy (non-hydrogen) atoms. The second kappa shape index (κ2) is 9.79. The van der Waals surface area contributed by atoms with Gasteiger partial charge in [0.25, 0.3) is 5.91 Å². The molecule has 1 heterocycles. The maximum Gasteiger partial charge on any atom is 0.251 e. The van der Waals surface area contributed by atoms with Gasteiger partial charge in [0.15, 0.2) is 0 Å². The molecule has 0 aromatic heterocycles. The molecule has 6 nitrogen and oxygen atoms in total. The molecule has 0 fully saturated rings. The fourth-order valence-electron chi connectivity index (χ4n) is 4.17. The van der Waals surface area contributed by atoms with Crippen molar-refractivity contribution in [1.82, 2.24) is 10.2 Å². The second-order valence-corrected chi connectivity index (χ2v) is 8.38. The van der Waals surface area contributed by atoms with Gasteiger partial charge in [-0.1, -0.05) is 42.5 Å². The number of hydrogen-bond acceptors (Lipinski definition) is 4. The van der Waals surface area contributed by atoms with Crippen LogP contribution in [-0.2, 0) is 17.9 Å². The van der Waals surface area contributed by atoms with Gasteiger partial charge in [-0.15, -0.1) is 0 Å². The molecule has 1 atom stereocenters. The number of nitrogens with one attached hydrogen (secondary N) is 2. The number of aliphatic imine (C=N–C) groups is 1. The van der Waals surface area contributed by atoms with Crippen molar-refractivity contribution in [3.63, 3.8) is 0 Å². The summed E-state index contributed by atoms with van der Waals surface area (Å²) in [4.78, 5) is 31.6. The minimum Gasteiger partial charge on any atom is -0.355 e. The maximum absolute atomic E-state index is 12.6. The Bertz CT molecular complexity index is 1190. The first-order chi connectivity index (χ1) is 15.9. The van der Waals surface area contributed by atoms with E-state index in [0.29, 0.717) is 11.3 Å². The van der Waals surface area contributed by atoms with Crippen LogP contribution in [0.2, 0.25) is 0 Å². The third-order valence-electron chi connectivity index (χ3n) is 5.78. The molecular formula is C27H28N4O2. The van der Waals surface area contributed by atoms with E-state index in [2.05, 4.69) is 59.0 Å². The van der Waals surface area contributed by atoms with Gasteiger partial charge in [-0.25, -0.2) is 0 Å². The highest BCUT2D eigenvalue weighted by Gasteiger charge is 2.33. The molecule has 4 rings (SSSR count). The highest BCUT2D eigenvalue weighted by Crippen LogP contribution is 2.35. The Morgan fingerprint density at radius 1 is 1.00 bits per heavy atom. The van der Waals surface area contributed by atoms with Gasteiger partial charge in [-0.3, -0.25) is 19.5 Å². The quantitative estimate of drug-likeness (QED) is 0.531. The van der Waals surface area contributed by atoms with Crippen LogP contribution in [0.25, 0.3) is 0 Å². The van der Waals surface area contributed by atoms with Gasteiger partial charge >= 0.3 is 0 Å². The Morgan fingerprint density at radius 3 is 2.33 bits per heavy atom. The Hall–Kier alpha value is -3.77. The van der Waals surface area contributed by atoms with Crippen LogP contribution < -0.4 is 10.6 Å². The molecule has 0 saturated carbocycles. The van der Waals surface area contributed by atoms with Crippen LogP contribution in [0.3, 0.4) is 0 Å². The van der Waals surface area contributed by atoms with Crippen LogP contribution in [0.15, 0.2) is 77.8 Å². The smallest absolute Gasteiger partial charge is 0.251 e. The summed E-state index contributed by atoms with van der Waals surface area (Å²) in [7, 11) is 3.69. The number of hydrogen-bond donors (Lipinski definition) is 2. The van der Waals surface area contributed by atoms with Crippen LogP contribution in [0.1, 0.15) is 39.9 Å². The number of nitrogens with zero attached hydrogens (tertiary/aromatic N) is 2. The fourth-order valence-corrected chi connectivity index (χ4v) is 4.17. The van der Waals surface area contributed by atoms with Crippen LogP contribution in [0, 0.1) is 0 Å². The highest BCUT2D eigenvalue weighted by atomic mass is 16.2. The van der Waals surface area contributed by atoms with E-state index in [1.807, 2.05) is 25.1 Å². The summed E-state index contributed by atoms with van der Waals surface area (Å²) in [6.07, 6.45) is 0. The Morgan fingerprint density at radius 2 is 1.67 bits per heavy atom. The van der Waals surface area contributed by atoms with E-state index in [-0.39, 0.29) is 11.8 Å². The van der Waals surface area contributed by atoms with Crippen LogP contribution in [-0.4, -0.2) is 36.5 Å². The Labute approximate surface area is 194 Å². The lowest BCUT2D eigenvalue weighted by molar-refractivity contribution is -0.115. The van der Waals surface area contributed by atoms with E-state index in [1.165, 1.54) is 11.1 Å². The van der Waals surface area contributed by atoms with E-state index in [0.717, 1.165) is 30.0 Å². The zero-order valence-corrected chi connectivity index (χ0v) is 19.1. The molecule has 1 aliphatic heterocycles. The maximum atomic E-state index is 12.6. The van der Waals surface area contributed by atoms with Crippen molar-refractivity contribution in [2.75, 3.05) is 19.4 Å². The van der Waals surface area contributed by atoms with Crippen molar-refractivity contribution in [3.05, 3.63) is 95.1 Å². The van der Waals surface area contributed by atoms with Gasteiger partial charge in [-0.2, -0.15) is 0 Å². The molecule has 3 aromatic carbocycles. The van der Waals surface area contributed by atoms with Gasteiger partial charge in [-0.05, 0) is 61.0 Å². The van der Waals surface area contributed by atoms with Crippen molar-refractivity contribution >= 4 is 28.9 Å². The third kappa shape index (κ3) is 5.18. The zero-order chi connectivity index (χ0) is 23.4. The summed E-state index contributed by atoms with van der Waals surface area (Å²) in [5.74, 6) is -0.820. The first kappa shape index (κ1) is 22.4. The lowest BCUT2D eigenvalue weighted by Crippen LogP contribution is -2.20. The van der Waals surface area contributed by atoms with Crippen molar-refractivity contribution in [3.8, 4) is 0 Å². The number of benzene rings is 3. The van der Waals surface area contributed by atoms with Crippen molar-refractivity contribution < 1.29 is 9.59 Å². The molecule has 0 spiro atoms. The minimum absolute atomic E-state index is 0.125. The van der Waals surface area contributed by atoms with Crippen LogP contribution in [0.5, 0.6) is 0 Å². The van der Waals surface area contributed by atoms with E-state index in [4.69, 9.17) is 4.99 Å². The average Bonchev–Trinajstić information content (AvgIpc) is 3.15. The molecule has 0 bridgehead atoms. The molecule has 3 aromatic rings. The molecule has 6 heteroatoms. The van der Waals surface area contributed by atoms with Gasteiger partial charge < -0.3 is 10.6 Å². The Kier molecular flexibility index (Phi) is 6.66. The number of anilines is 1. The second-order valence-electron chi connectivity index (χ2n) is 8.38. The van der Waals surface area contributed by atoms with Gasteiger partial charge in [0.1, 0.15) is 5.92 Å². The van der Waals surface area contributed by atoms with Crippen molar-refractivity contribution in [2.24, 2.45) is 4.99 Å². The van der Waals surface area contributed by atoms with E-state index in [9.17, 15) is 9.59 Å². The molecule has 2 amide bonds. The molecule has 0 saturated heterocycles. The summed E-state index contributed by atoms with van der Waals surface area (Å²) in [6, 6.07) is 23.7. The monoisotopic (exact) mass is 440 g/mol. The zero-order valence-electron chi connectivity index (χ0n) is 19.1. The first-order valence-corrected chi connectivity index (χ1v) is 11.0. The molecule has 0 aliphatic carbocycles. The lowest BCUT2D eigenvalue weighted by Gasteiger charge is -2.17. The fraction of sp³-hybridized carbons (Fsp3) is 0.222. The first-order valence-electron chi connectivity index (χ1n) is 11.0. The molecule has 2 N–H and O–H groups in total. The number of carbonyl (C=O) groups is 2. The van der Waals surface area contributed by atoms with Crippen LogP contribution in [0.4, 0.5) is 11.4 Å². The van der Waals surface area contributed by atoms with Crippen LogP contribution >= 0.6 is 0 Å². The summed E-state index contributed by atoms with van der Waals surface area (Å²) >= 11 is 0. The lowest BCUT2D eigenvalue weighted by atomic mass is 9.94. The number of amides is 2. The Balaban J connectivity index is 1.47. The van der Waals surface area contributed by atoms with Gasteiger partial charge in [0, 0.05) is 37.1 Å². The number of carbonyl (C=O) groups excluding carboxylic acids is 2. The topological polar surface area (TPSA) is 73.8 Å².